The van der Waals surface area contributed by atoms with Gasteiger partial charge < -0.3 is 4.74 Å². The summed E-state index contributed by atoms with van der Waals surface area (Å²) in [4.78, 5) is 11.1. The second-order valence-corrected chi connectivity index (χ2v) is 4.65. The number of rotatable bonds is 2. The van der Waals surface area contributed by atoms with E-state index in [-0.39, 0.29) is 17.6 Å². The third-order valence-electron chi connectivity index (χ3n) is 2.78. The molecule has 0 saturated heterocycles. The summed E-state index contributed by atoms with van der Waals surface area (Å²) >= 11 is 0. The van der Waals surface area contributed by atoms with E-state index in [1.165, 1.54) is 0 Å². The molecule has 0 aromatic carbocycles. The van der Waals surface area contributed by atoms with Crippen molar-refractivity contribution in [2.24, 2.45) is 5.41 Å². The van der Waals surface area contributed by atoms with Gasteiger partial charge in [0.25, 0.3) is 0 Å². The molecule has 0 bridgehead atoms. The molecular weight excluding hydrogens is 209 g/mol. The fourth-order valence-electron chi connectivity index (χ4n) is 1.69. The molecule has 0 N–H and O–H groups in total. The summed E-state index contributed by atoms with van der Waals surface area (Å²) in [6.45, 7) is 2.40. The minimum Gasteiger partial charge on any atom is -0.368 e. The molecule has 1 saturated carbocycles. The second-order valence-electron chi connectivity index (χ2n) is 4.65. The van der Waals surface area contributed by atoms with Crippen LogP contribution in [0, 0.1) is 5.41 Å². The summed E-state index contributed by atoms with van der Waals surface area (Å²) in [5.41, 5.74) is -0.348. The summed E-state index contributed by atoms with van der Waals surface area (Å²) in [5.74, 6) is -0.0125. The number of ketones is 1. The molecule has 0 spiro atoms. The predicted molar refractivity (Wildman–Crippen MR) is 48.4 cm³/mol. The van der Waals surface area contributed by atoms with Gasteiger partial charge in [-0.3, -0.25) is 4.79 Å². The molecule has 0 aromatic heterocycles. The molecule has 1 aliphatic carbocycles. The molecule has 1 fully saturated rings. The molecule has 1 atom stereocenters. The molecule has 0 radical (unpaired) electrons. The van der Waals surface area contributed by atoms with E-state index in [1.54, 1.807) is 0 Å². The van der Waals surface area contributed by atoms with Crippen molar-refractivity contribution in [3.05, 3.63) is 0 Å². The smallest absolute Gasteiger partial charge is 0.368 e. The van der Waals surface area contributed by atoms with E-state index in [4.69, 9.17) is 4.74 Å². The first-order chi connectivity index (χ1) is 6.71. The van der Waals surface area contributed by atoms with Gasteiger partial charge in [0.1, 0.15) is 12.4 Å². The van der Waals surface area contributed by atoms with Gasteiger partial charge in [0.05, 0.1) is 6.10 Å². The molecule has 0 amide bonds. The highest BCUT2D eigenvalue weighted by Gasteiger charge is 2.39. The average Bonchev–Trinajstić information content (AvgIpc) is 2.05. The Bertz CT molecular complexity index is 246. The third kappa shape index (κ3) is 3.81. The van der Waals surface area contributed by atoms with Gasteiger partial charge in [-0.05, 0) is 11.8 Å². The van der Waals surface area contributed by atoms with E-state index in [2.05, 4.69) is 0 Å². The van der Waals surface area contributed by atoms with E-state index >= 15 is 0 Å². The Hall–Kier alpha value is -0.580. The number of hydrogen-bond donors (Lipinski definition) is 0. The molecule has 0 aromatic rings. The number of hydrogen-bond acceptors (Lipinski definition) is 2. The van der Waals surface area contributed by atoms with Crippen molar-refractivity contribution < 1.29 is 22.7 Å². The zero-order valence-corrected chi connectivity index (χ0v) is 8.86. The lowest BCUT2D eigenvalue weighted by atomic mass is 9.74. The number of Topliss-reactive ketones (excluding diaryl/α,β-unsaturated/α-hetero) is 1. The van der Waals surface area contributed by atoms with E-state index in [1.807, 2.05) is 13.8 Å². The van der Waals surface area contributed by atoms with Gasteiger partial charge in [-0.15, -0.1) is 0 Å². The maximum absolute atomic E-state index is 11.9. The lowest BCUT2D eigenvalue weighted by molar-refractivity contribution is -0.200. The van der Waals surface area contributed by atoms with Gasteiger partial charge in [-0.2, -0.15) is 13.2 Å². The molecule has 0 aliphatic heterocycles. The standard InChI is InChI=1S/C10H15F3O2/c1-9(2)4-3-7(14)5-8(9)15-6-10(11,12)13/h8H,3-6H2,1-2H3. The molecule has 1 unspecified atom stereocenters. The number of carbonyl (C=O) groups is 1. The van der Waals surface area contributed by atoms with E-state index in [0.717, 1.165) is 0 Å². The van der Waals surface area contributed by atoms with Crippen LogP contribution in [0.1, 0.15) is 33.1 Å². The molecule has 15 heavy (non-hydrogen) atoms. The highest BCUT2D eigenvalue weighted by atomic mass is 19.4. The molecule has 1 aliphatic rings. The largest absolute Gasteiger partial charge is 0.411 e. The number of carbonyl (C=O) groups excluding carboxylic acids is 1. The molecule has 88 valence electrons. The van der Waals surface area contributed by atoms with Crippen molar-refractivity contribution in [3.8, 4) is 0 Å². The zero-order chi connectivity index (χ0) is 11.7. The van der Waals surface area contributed by atoms with Crippen LogP contribution >= 0.6 is 0 Å². The molecule has 0 heterocycles. The summed E-state index contributed by atoms with van der Waals surface area (Å²) in [5, 5.41) is 0. The van der Waals surface area contributed by atoms with Crippen LogP contribution in [0.4, 0.5) is 13.2 Å². The first-order valence-corrected chi connectivity index (χ1v) is 4.91. The van der Waals surface area contributed by atoms with Gasteiger partial charge in [-0.25, -0.2) is 0 Å². The first-order valence-electron chi connectivity index (χ1n) is 4.91. The Morgan fingerprint density at radius 1 is 1.47 bits per heavy atom. The van der Waals surface area contributed by atoms with Crippen LogP contribution in [0.5, 0.6) is 0 Å². The van der Waals surface area contributed by atoms with Crippen molar-refractivity contribution in [2.45, 2.75) is 45.4 Å². The van der Waals surface area contributed by atoms with Crippen LogP contribution in [0.3, 0.4) is 0 Å². The Balaban J connectivity index is 2.54. The van der Waals surface area contributed by atoms with Gasteiger partial charge in [0.2, 0.25) is 0 Å². The van der Waals surface area contributed by atoms with Gasteiger partial charge >= 0.3 is 6.18 Å². The van der Waals surface area contributed by atoms with Crippen molar-refractivity contribution >= 4 is 5.78 Å². The quantitative estimate of drug-likeness (QED) is 0.720. The molecule has 1 rings (SSSR count). The van der Waals surface area contributed by atoms with Crippen LogP contribution < -0.4 is 0 Å². The van der Waals surface area contributed by atoms with E-state index in [9.17, 15) is 18.0 Å². The summed E-state index contributed by atoms with van der Waals surface area (Å²) in [6, 6.07) is 0. The van der Waals surface area contributed by atoms with Crippen LogP contribution in [0.15, 0.2) is 0 Å². The van der Waals surface area contributed by atoms with Crippen LogP contribution in [0.2, 0.25) is 0 Å². The fraction of sp³-hybridized carbons (Fsp3) is 0.900. The summed E-state index contributed by atoms with van der Waals surface area (Å²) in [6.07, 6.45) is -3.80. The normalized spacial score (nSPS) is 26.7. The van der Waals surface area contributed by atoms with Gasteiger partial charge in [-0.1, -0.05) is 13.8 Å². The van der Waals surface area contributed by atoms with Crippen LogP contribution in [-0.2, 0) is 9.53 Å². The topological polar surface area (TPSA) is 26.3 Å². The molecular formula is C10H15F3O2. The van der Waals surface area contributed by atoms with Crippen molar-refractivity contribution in [2.75, 3.05) is 6.61 Å². The Morgan fingerprint density at radius 3 is 2.60 bits per heavy atom. The maximum Gasteiger partial charge on any atom is 0.411 e. The zero-order valence-electron chi connectivity index (χ0n) is 8.86. The van der Waals surface area contributed by atoms with Crippen LogP contribution in [0.25, 0.3) is 0 Å². The lowest BCUT2D eigenvalue weighted by Gasteiger charge is -2.37. The summed E-state index contributed by atoms with van der Waals surface area (Å²) in [7, 11) is 0. The Kier molecular flexibility index (Phi) is 3.43. The Morgan fingerprint density at radius 2 is 2.07 bits per heavy atom. The van der Waals surface area contributed by atoms with Gasteiger partial charge in [0, 0.05) is 12.8 Å². The van der Waals surface area contributed by atoms with Crippen LogP contribution in [-0.4, -0.2) is 24.7 Å². The highest BCUT2D eigenvalue weighted by Crippen LogP contribution is 2.36. The average molecular weight is 224 g/mol. The fourth-order valence-corrected chi connectivity index (χ4v) is 1.69. The highest BCUT2D eigenvalue weighted by molar-refractivity contribution is 5.79. The monoisotopic (exact) mass is 224 g/mol. The third-order valence-corrected chi connectivity index (χ3v) is 2.78. The minimum atomic E-state index is -4.32. The first kappa shape index (κ1) is 12.5. The second kappa shape index (κ2) is 4.12. The molecule has 5 heteroatoms. The maximum atomic E-state index is 11.9. The van der Waals surface area contributed by atoms with Crippen molar-refractivity contribution in [1.82, 2.24) is 0 Å². The van der Waals surface area contributed by atoms with E-state index < -0.39 is 18.9 Å². The Labute approximate surface area is 86.8 Å². The minimum absolute atomic E-state index is 0.0125. The van der Waals surface area contributed by atoms with Crippen molar-refractivity contribution in [1.29, 1.82) is 0 Å². The lowest BCUT2D eigenvalue weighted by Crippen LogP contribution is -2.40. The number of ether oxygens (including phenoxy) is 1. The van der Waals surface area contributed by atoms with E-state index in [0.29, 0.717) is 12.8 Å². The SMILES string of the molecule is CC1(C)CCC(=O)CC1OCC(F)(F)F. The molecule has 2 nitrogen and oxygen atoms in total. The number of alkyl halides is 3. The predicted octanol–water partition coefficient (Wildman–Crippen LogP) is 2.71. The number of halogens is 3. The van der Waals surface area contributed by atoms with Gasteiger partial charge in [0.15, 0.2) is 0 Å². The van der Waals surface area contributed by atoms with Crippen molar-refractivity contribution in [3.63, 3.8) is 0 Å². The summed E-state index contributed by atoms with van der Waals surface area (Å²) < 4.78 is 40.6.